The van der Waals surface area contributed by atoms with Crippen molar-refractivity contribution in [3.05, 3.63) is 47.6 Å². The van der Waals surface area contributed by atoms with Gasteiger partial charge in [0.05, 0.1) is 0 Å². The van der Waals surface area contributed by atoms with E-state index in [4.69, 9.17) is 0 Å². The Labute approximate surface area is 160 Å². The maximum absolute atomic E-state index is 12.6. The number of nitrogens with one attached hydrogen (secondary N) is 2. The van der Waals surface area contributed by atoms with Crippen molar-refractivity contribution in [3.8, 4) is 11.3 Å². The number of benzene rings is 1. The first-order chi connectivity index (χ1) is 13.0. The second kappa shape index (κ2) is 7.12. The fourth-order valence-electron chi connectivity index (χ4n) is 2.96. The van der Waals surface area contributed by atoms with E-state index < -0.39 is 10.0 Å². The van der Waals surface area contributed by atoms with E-state index in [0.29, 0.717) is 18.8 Å². The maximum Gasteiger partial charge on any atom is 0.270 e. The SMILES string of the molecule is O=C(c1cc(S(=O)(=O)Nc2ccc(-c3csnn3)cc2)c[nH]1)N1CCCC1. The summed E-state index contributed by atoms with van der Waals surface area (Å²) in [6.45, 7) is 1.41. The van der Waals surface area contributed by atoms with E-state index in [1.807, 2.05) is 5.38 Å². The van der Waals surface area contributed by atoms with Gasteiger partial charge in [0.2, 0.25) is 0 Å². The van der Waals surface area contributed by atoms with E-state index in [1.54, 1.807) is 29.2 Å². The average Bonchev–Trinajstić information content (AvgIpc) is 3.44. The number of likely N-dealkylation sites (tertiary alicyclic amines) is 1. The number of nitrogens with zero attached hydrogens (tertiary/aromatic N) is 3. The number of carbonyl (C=O) groups excluding carboxylic acids is 1. The third kappa shape index (κ3) is 3.71. The number of anilines is 1. The Kier molecular flexibility index (Phi) is 4.66. The zero-order valence-electron chi connectivity index (χ0n) is 14.3. The zero-order valence-corrected chi connectivity index (χ0v) is 15.9. The van der Waals surface area contributed by atoms with Crippen LogP contribution in [0.15, 0.2) is 46.8 Å². The van der Waals surface area contributed by atoms with Crippen LogP contribution in [0.4, 0.5) is 5.69 Å². The maximum atomic E-state index is 12.6. The van der Waals surface area contributed by atoms with Crippen LogP contribution >= 0.6 is 11.5 Å². The van der Waals surface area contributed by atoms with Crippen molar-refractivity contribution in [2.45, 2.75) is 17.7 Å². The van der Waals surface area contributed by atoms with Crippen LogP contribution in [0.1, 0.15) is 23.3 Å². The van der Waals surface area contributed by atoms with E-state index in [1.165, 1.54) is 23.8 Å². The van der Waals surface area contributed by atoms with Crippen LogP contribution in [0.3, 0.4) is 0 Å². The summed E-state index contributed by atoms with van der Waals surface area (Å²) in [5.41, 5.74) is 2.30. The smallest absolute Gasteiger partial charge is 0.270 e. The molecule has 0 unspecified atom stereocenters. The molecule has 3 aromatic rings. The molecular formula is C17H17N5O3S2. The first-order valence-corrected chi connectivity index (χ1v) is 10.7. The average molecular weight is 403 g/mol. The van der Waals surface area contributed by atoms with Crippen molar-refractivity contribution in [2.75, 3.05) is 17.8 Å². The molecule has 1 saturated heterocycles. The fourth-order valence-corrected chi connectivity index (χ4v) is 4.47. The Morgan fingerprint density at radius 3 is 2.59 bits per heavy atom. The molecule has 1 aromatic carbocycles. The molecule has 0 atom stereocenters. The molecule has 0 spiro atoms. The highest BCUT2D eigenvalue weighted by Gasteiger charge is 2.23. The van der Waals surface area contributed by atoms with Crippen LogP contribution < -0.4 is 4.72 Å². The molecule has 2 aromatic heterocycles. The Morgan fingerprint density at radius 1 is 1.19 bits per heavy atom. The van der Waals surface area contributed by atoms with Gasteiger partial charge in [-0.05, 0) is 42.6 Å². The standard InChI is InChI=1S/C17H17N5O3S2/c23-17(22-7-1-2-8-22)15-9-14(10-18-15)27(24,25)20-13-5-3-12(4-6-13)16-11-26-21-19-16/h3-6,9-11,18,20H,1-2,7-8H2. The van der Waals surface area contributed by atoms with Gasteiger partial charge in [0.25, 0.3) is 15.9 Å². The first kappa shape index (κ1) is 17.7. The Morgan fingerprint density at radius 2 is 1.93 bits per heavy atom. The van der Waals surface area contributed by atoms with Crippen LogP contribution in [-0.4, -0.2) is 46.9 Å². The largest absolute Gasteiger partial charge is 0.356 e. The number of hydrogen-bond acceptors (Lipinski definition) is 6. The van der Waals surface area contributed by atoms with Gasteiger partial charge in [-0.1, -0.05) is 16.6 Å². The van der Waals surface area contributed by atoms with Gasteiger partial charge in [-0.2, -0.15) is 0 Å². The van der Waals surface area contributed by atoms with Crippen molar-refractivity contribution in [3.63, 3.8) is 0 Å². The summed E-state index contributed by atoms with van der Waals surface area (Å²) in [5.74, 6) is -0.171. The molecule has 1 amide bonds. The van der Waals surface area contributed by atoms with Gasteiger partial charge in [0.15, 0.2) is 0 Å². The molecule has 0 bridgehead atoms. The van der Waals surface area contributed by atoms with Crippen molar-refractivity contribution in [1.82, 2.24) is 19.5 Å². The van der Waals surface area contributed by atoms with Gasteiger partial charge < -0.3 is 9.88 Å². The molecule has 1 aliphatic heterocycles. The first-order valence-electron chi connectivity index (χ1n) is 8.41. The van der Waals surface area contributed by atoms with Gasteiger partial charge >= 0.3 is 0 Å². The Hall–Kier alpha value is -2.72. The van der Waals surface area contributed by atoms with Crippen molar-refractivity contribution >= 4 is 33.2 Å². The Balaban J connectivity index is 1.49. The van der Waals surface area contributed by atoms with E-state index in [-0.39, 0.29) is 16.5 Å². The minimum atomic E-state index is -3.79. The van der Waals surface area contributed by atoms with Crippen molar-refractivity contribution in [2.24, 2.45) is 0 Å². The highest BCUT2D eigenvalue weighted by Crippen LogP contribution is 2.23. The minimum Gasteiger partial charge on any atom is -0.356 e. The highest BCUT2D eigenvalue weighted by atomic mass is 32.2. The van der Waals surface area contributed by atoms with E-state index in [9.17, 15) is 13.2 Å². The monoisotopic (exact) mass is 403 g/mol. The number of aromatic amines is 1. The minimum absolute atomic E-state index is 0.0258. The number of aromatic nitrogens is 3. The predicted molar refractivity (Wildman–Crippen MR) is 102 cm³/mol. The summed E-state index contributed by atoms with van der Waals surface area (Å²) >= 11 is 1.25. The van der Waals surface area contributed by atoms with Crippen LogP contribution in [0.2, 0.25) is 0 Å². The molecule has 4 rings (SSSR count). The molecule has 0 radical (unpaired) electrons. The quantitative estimate of drug-likeness (QED) is 0.681. The molecule has 0 aliphatic carbocycles. The van der Waals surface area contributed by atoms with Gasteiger partial charge in [0, 0.05) is 35.9 Å². The number of rotatable bonds is 5. The van der Waals surface area contributed by atoms with Gasteiger partial charge in [-0.25, -0.2) is 8.42 Å². The van der Waals surface area contributed by atoms with Gasteiger partial charge in [-0.3, -0.25) is 9.52 Å². The number of amides is 1. The molecule has 27 heavy (non-hydrogen) atoms. The normalized spacial score (nSPS) is 14.4. The fraction of sp³-hybridized carbons (Fsp3) is 0.235. The predicted octanol–water partition coefficient (Wildman–Crippen LogP) is 2.57. The molecule has 0 saturated carbocycles. The van der Waals surface area contributed by atoms with Crippen molar-refractivity contribution in [1.29, 1.82) is 0 Å². The molecule has 3 heterocycles. The summed E-state index contributed by atoms with van der Waals surface area (Å²) in [4.78, 5) is 16.9. The lowest BCUT2D eigenvalue weighted by molar-refractivity contribution is 0.0787. The molecular weight excluding hydrogens is 386 g/mol. The third-order valence-electron chi connectivity index (χ3n) is 4.38. The van der Waals surface area contributed by atoms with Crippen molar-refractivity contribution < 1.29 is 13.2 Å². The molecule has 1 fully saturated rings. The lowest BCUT2D eigenvalue weighted by atomic mass is 10.2. The molecule has 8 nitrogen and oxygen atoms in total. The van der Waals surface area contributed by atoms with E-state index >= 15 is 0 Å². The molecule has 1 aliphatic rings. The van der Waals surface area contributed by atoms with Gasteiger partial charge in [0.1, 0.15) is 16.3 Å². The number of sulfonamides is 1. The Bertz CT molecular complexity index is 1040. The summed E-state index contributed by atoms with van der Waals surface area (Å²) in [5, 5.41) is 5.80. The second-order valence-corrected chi connectivity index (χ2v) is 8.51. The zero-order chi connectivity index (χ0) is 18.9. The summed E-state index contributed by atoms with van der Waals surface area (Å²) < 4.78 is 31.5. The van der Waals surface area contributed by atoms with E-state index in [0.717, 1.165) is 24.1 Å². The molecule has 140 valence electrons. The van der Waals surface area contributed by atoms with E-state index in [2.05, 4.69) is 19.3 Å². The summed E-state index contributed by atoms with van der Waals surface area (Å²) in [6, 6.07) is 8.24. The van der Waals surface area contributed by atoms with Crippen LogP contribution in [-0.2, 0) is 10.0 Å². The summed E-state index contributed by atoms with van der Waals surface area (Å²) in [7, 11) is -3.79. The van der Waals surface area contributed by atoms with Gasteiger partial charge in [-0.15, -0.1) is 5.10 Å². The topological polar surface area (TPSA) is 108 Å². The second-order valence-electron chi connectivity index (χ2n) is 6.22. The van der Waals surface area contributed by atoms with Crippen LogP contribution in [0.5, 0.6) is 0 Å². The molecule has 2 N–H and O–H groups in total. The number of H-pyrrole nitrogens is 1. The van der Waals surface area contributed by atoms with Crippen LogP contribution in [0, 0.1) is 0 Å². The third-order valence-corrected chi connectivity index (χ3v) is 6.25. The molecule has 10 heteroatoms. The number of hydrogen-bond donors (Lipinski definition) is 2. The summed E-state index contributed by atoms with van der Waals surface area (Å²) in [6.07, 6.45) is 3.29. The highest BCUT2D eigenvalue weighted by molar-refractivity contribution is 7.92. The lowest BCUT2D eigenvalue weighted by Gasteiger charge is -2.13. The lowest BCUT2D eigenvalue weighted by Crippen LogP contribution is -2.27. The van der Waals surface area contributed by atoms with Crippen LogP contribution in [0.25, 0.3) is 11.3 Å². The number of carbonyl (C=O) groups is 1.